The number of rotatable bonds is 5. The predicted octanol–water partition coefficient (Wildman–Crippen LogP) is 3.01. The fraction of sp³-hybridized carbons (Fsp3) is 0.238. The zero-order chi connectivity index (χ0) is 21.1. The lowest BCUT2D eigenvalue weighted by atomic mass is 10.1. The third kappa shape index (κ3) is 4.48. The van der Waals surface area contributed by atoms with E-state index in [1.165, 1.54) is 16.8 Å². The summed E-state index contributed by atoms with van der Waals surface area (Å²) >= 11 is 0. The van der Waals surface area contributed by atoms with Gasteiger partial charge in [0, 0.05) is 5.69 Å². The van der Waals surface area contributed by atoms with E-state index >= 15 is 0 Å². The zero-order valence-electron chi connectivity index (χ0n) is 16.7. The fourth-order valence-corrected chi connectivity index (χ4v) is 3.17. The first-order chi connectivity index (χ1) is 13.8. The molecule has 0 saturated carbocycles. The van der Waals surface area contributed by atoms with Gasteiger partial charge in [-0.3, -0.25) is 9.59 Å². The smallest absolute Gasteiger partial charge is 0.274 e. The van der Waals surface area contributed by atoms with E-state index in [0.29, 0.717) is 11.4 Å². The van der Waals surface area contributed by atoms with Gasteiger partial charge in [-0.2, -0.15) is 0 Å². The van der Waals surface area contributed by atoms with Crippen LogP contribution in [0.25, 0.3) is 5.69 Å². The molecule has 3 rings (SSSR count). The van der Waals surface area contributed by atoms with Crippen LogP contribution in [0.2, 0.25) is 0 Å². The molecule has 0 bridgehead atoms. The number of halogens is 1. The number of carbonyl (C=O) groups is 2. The Morgan fingerprint density at radius 3 is 2.28 bits per heavy atom. The van der Waals surface area contributed by atoms with Gasteiger partial charge in [0.1, 0.15) is 5.82 Å². The van der Waals surface area contributed by atoms with Gasteiger partial charge < -0.3 is 10.6 Å². The molecule has 1 heterocycles. The van der Waals surface area contributed by atoms with Crippen LogP contribution < -0.4 is 10.6 Å². The number of nitrogens with zero attached hydrogens (tertiary/aromatic N) is 3. The lowest BCUT2D eigenvalue weighted by Gasteiger charge is -2.13. The van der Waals surface area contributed by atoms with Crippen LogP contribution in [-0.4, -0.2) is 33.4 Å². The van der Waals surface area contributed by atoms with Gasteiger partial charge in [0.15, 0.2) is 5.69 Å². The molecule has 0 unspecified atom stereocenters. The monoisotopic (exact) mass is 395 g/mol. The summed E-state index contributed by atoms with van der Waals surface area (Å²) < 4.78 is 14.5. The third-order valence-electron chi connectivity index (χ3n) is 4.53. The Morgan fingerprint density at radius 2 is 1.66 bits per heavy atom. The molecule has 8 heteroatoms. The number of benzene rings is 2. The number of amides is 2. The van der Waals surface area contributed by atoms with Gasteiger partial charge >= 0.3 is 0 Å². The number of anilines is 1. The molecule has 150 valence electrons. The Kier molecular flexibility index (Phi) is 5.72. The molecule has 0 aliphatic rings. The van der Waals surface area contributed by atoms with Crippen molar-refractivity contribution in [3.8, 4) is 5.69 Å². The minimum atomic E-state index is -0.511. The van der Waals surface area contributed by atoms with E-state index in [-0.39, 0.29) is 24.0 Å². The van der Waals surface area contributed by atoms with E-state index in [4.69, 9.17) is 0 Å². The fourth-order valence-electron chi connectivity index (χ4n) is 3.17. The molecule has 0 saturated heterocycles. The van der Waals surface area contributed by atoms with Crippen molar-refractivity contribution in [1.29, 1.82) is 0 Å². The molecule has 2 amide bonds. The number of carbonyl (C=O) groups excluding carboxylic acids is 2. The summed E-state index contributed by atoms with van der Waals surface area (Å²) in [5.74, 6) is -1.21. The predicted molar refractivity (Wildman–Crippen MR) is 108 cm³/mol. The van der Waals surface area contributed by atoms with E-state index in [2.05, 4.69) is 20.9 Å². The maximum atomic E-state index is 13.1. The Bertz CT molecular complexity index is 1050. The summed E-state index contributed by atoms with van der Waals surface area (Å²) in [6.45, 7) is 7.32. The summed E-state index contributed by atoms with van der Waals surface area (Å²) in [6.07, 6.45) is 0. The number of nitrogens with one attached hydrogen (secondary N) is 2. The minimum absolute atomic E-state index is 0.102. The second-order valence-corrected chi connectivity index (χ2v) is 6.92. The molecule has 0 aliphatic heterocycles. The van der Waals surface area contributed by atoms with E-state index in [9.17, 15) is 14.0 Å². The van der Waals surface area contributed by atoms with Gasteiger partial charge in [-0.25, -0.2) is 9.07 Å². The lowest BCUT2D eigenvalue weighted by Crippen LogP contribution is -2.33. The molecule has 0 radical (unpaired) electrons. The van der Waals surface area contributed by atoms with Gasteiger partial charge in [-0.05, 0) is 63.1 Å². The molecule has 0 atom stereocenters. The highest BCUT2D eigenvalue weighted by atomic mass is 19.1. The largest absolute Gasteiger partial charge is 0.342 e. The van der Waals surface area contributed by atoms with E-state index < -0.39 is 5.91 Å². The van der Waals surface area contributed by atoms with E-state index in [0.717, 1.165) is 22.4 Å². The first-order valence-corrected chi connectivity index (χ1v) is 9.10. The molecular formula is C21H22FN5O2. The van der Waals surface area contributed by atoms with Gasteiger partial charge in [0.2, 0.25) is 5.91 Å². The highest BCUT2D eigenvalue weighted by Crippen LogP contribution is 2.21. The van der Waals surface area contributed by atoms with Gasteiger partial charge in [0.05, 0.1) is 17.9 Å². The highest BCUT2D eigenvalue weighted by molar-refractivity contribution is 5.99. The molecule has 2 N–H and O–H groups in total. The van der Waals surface area contributed by atoms with Crippen LogP contribution in [0.3, 0.4) is 0 Å². The van der Waals surface area contributed by atoms with Crippen molar-refractivity contribution in [2.75, 3.05) is 11.9 Å². The second kappa shape index (κ2) is 8.22. The first kappa shape index (κ1) is 20.2. The van der Waals surface area contributed by atoms with Crippen LogP contribution in [0.1, 0.15) is 32.9 Å². The number of aryl methyl sites for hydroxylation is 3. The Morgan fingerprint density at radius 1 is 1.03 bits per heavy atom. The van der Waals surface area contributed by atoms with Gasteiger partial charge in [-0.1, -0.05) is 22.9 Å². The van der Waals surface area contributed by atoms with Crippen molar-refractivity contribution >= 4 is 17.5 Å². The van der Waals surface area contributed by atoms with Crippen molar-refractivity contribution in [3.05, 3.63) is 70.3 Å². The van der Waals surface area contributed by atoms with Gasteiger partial charge in [0.25, 0.3) is 5.91 Å². The highest BCUT2D eigenvalue weighted by Gasteiger charge is 2.18. The number of aromatic nitrogens is 3. The summed E-state index contributed by atoms with van der Waals surface area (Å²) in [4.78, 5) is 24.7. The van der Waals surface area contributed by atoms with Crippen molar-refractivity contribution in [2.45, 2.75) is 27.7 Å². The number of hydrogen-bond donors (Lipinski definition) is 2. The Balaban J connectivity index is 1.65. The molecule has 2 aromatic carbocycles. The van der Waals surface area contributed by atoms with Crippen molar-refractivity contribution < 1.29 is 14.0 Å². The molecule has 7 nitrogen and oxygen atoms in total. The summed E-state index contributed by atoms with van der Waals surface area (Å²) in [6, 6.07) is 9.65. The van der Waals surface area contributed by atoms with Crippen LogP contribution in [0.15, 0.2) is 36.4 Å². The molecular weight excluding hydrogens is 373 g/mol. The molecule has 29 heavy (non-hydrogen) atoms. The molecule has 0 spiro atoms. The molecule has 0 fully saturated rings. The summed E-state index contributed by atoms with van der Waals surface area (Å²) in [5, 5.41) is 13.2. The first-order valence-electron chi connectivity index (χ1n) is 9.10. The standard InChI is InChI=1S/C21H22FN5O2/c1-12-9-13(2)19(14(3)10-12)24-18(28)11-23-21(29)20-15(4)27(26-25-20)17-7-5-16(22)6-8-17/h5-10H,11H2,1-4H3,(H,23,29)(H,24,28). The summed E-state index contributed by atoms with van der Waals surface area (Å²) in [5.41, 5.74) is 4.95. The van der Waals surface area contributed by atoms with E-state index in [1.54, 1.807) is 19.1 Å². The van der Waals surface area contributed by atoms with E-state index in [1.807, 2.05) is 32.9 Å². The van der Waals surface area contributed by atoms with Crippen LogP contribution in [0.4, 0.5) is 10.1 Å². The average molecular weight is 395 g/mol. The number of hydrogen-bond acceptors (Lipinski definition) is 4. The Hall–Kier alpha value is -3.55. The second-order valence-electron chi connectivity index (χ2n) is 6.92. The van der Waals surface area contributed by atoms with Gasteiger partial charge in [-0.15, -0.1) is 5.10 Å². The maximum Gasteiger partial charge on any atom is 0.274 e. The SMILES string of the molecule is Cc1cc(C)c(NC(=O)CNC(=O)c2nnn(-c3ccc(F)cc3)c2C)c(C)c1. The molecule has 1 aromatic heterocycles. The lowest BCUT2D eigenvalue weighted by molar-refractivity contribution is -0.115. The van der Waals surface area contributed by atoms with Crippen molar-refractivity contribution in [2.24, 2.45) is 0 Å². The summed E-state index contributed by atoms with van der Waals surface area (Å²) in [7, 11) is 0. The van der Waals surface area contributed by atoms with Crippen LogP contribution in [0, 0.1) is 33.5 Å². The quantitative estimate of drug-likeness (QED) is 0.695. The average Bonchev–Trinajstić information content (AvgIpc) is 3.05. The third-order valence-corrected chi connectivity index (χ3v) is 4.53. The molecule has 0 aliphatic carbocycles. The maximum absolute atomic E-state index is 13.1. The topological polar surface area (TPSA) is 88.9 Å². The minimum Gasteiger partial charge on any atom is -0.342 e. The van der Waals surface area contributed by atoms with Crippen LogP contribution >= 0.6 is 0 Å². The Labute approximate surface area is 167 Å². The van der Waals surface area contributed by atoms with Crippen molar-refractivity contribution in [1.82, 2.24) is 20.3 Å². The van der Waals surface area contributed by atoms with Crippen LogP contribution in [-0.2, 0) is 4.79 Å². The normalized spacial score (nSPS) is 10.7. The van der Waals surface area contributed by atoms with Crippen LogP contribution in [0.5, 0.6) is 0 Å². The zero-order valence-corrected chi connectivity index (χ0v) is 16.7. The molecule has 3 aromatic rings. The van der Waals surface area contributed by atoms with Crippen molar-refractivity contribution in [3.63, 3.8) is 0 Å².